The second-order valence-electron chi connectivity index (χ2n) is 3.74. The van der Waals surface area contributed by atoms with Crippen molar-refractivity contribution in [1.82, 2.24) is 15.0 Å². The first-order valence-corrected chi connectivity index (χ1v) is 5.93. The first kappa shape index (κ1) is 18.5. The summed E-state index contributed by atoms with van der Waals surface area (Å²) in [6.45, 7) is 7.49. The number of nitrogens with zero attached hydrogens (tertiary/aromatic N) is 5. The van der Waals surface area contributed by atoms with Crippen molar-refractivity contribution in [3.8, 4) is 0 Å². The zero-order chi connectivity index (χ0) is 13.5. The van der Waals surface area contributed by atoms with Crippen molar-refractivity contribution >= 4 is 23.7 Å². The first-order chi connectivity index (χ1) is 8.62. The van der Waals surface area contributed by atoms with E-state index < -0.39 is 0 Å². The van der Waals surface area contributed by atoms with Crippen LogP contribution >= 0.6 is 11.8 Å². The molecule has 5 nitrogen and oxygen atoms in total. The van der Waals surface area contributed by atoms with Gasteiger partial charge in [-0.3, -0.25) is 4.42 Å². The molecule has 19 heavy (non-hydrogen) atoms. The van der Waals surface area contributed by atoms with Crippen LogP contribution in [-0.2, 0) is 32.7 Å². The van der Waals surface area contributed by atoms with Crippen molar-refractivity contribution in [3.05, 3.63) is 36.5 Å². The molecule has 1 rings (SSSR count). The van der Waals surface area contributed by atoms with Crippen molar-refractivity contribution in [3.63, 3.8) is 0 Å². The Balaban J connectivity index is 0.00000324. The fourth-order valence-electron chi connectivity index (χ4n) is 1.50. The van der Waals surface area contributed by atoms with Gasteiger partial charge in [0.1, 0.15) is 0 Å². The predicted octanol–water partition coefficient (Wildman–Crippen LogP) is 3.33. The van der Waals surface area contributed by atoms with Crippen LogP contribution in [0.3, 0.4) is 0 Å². The summed E-state index contributed by atoms with van der Waals surface area (Å²) in [6.07, 6.45) is 5.21. The third-order valence-electron chi connectivity index (χ3n) is 2.37. The van der Waals surface area contributed by atoms with Gasteiger partial charge in [-0.1, -0.05) is 12.2 Å². The quantitative estimate of drug-likeness (QED) is 0.556. The molecule has 0 atom stereocenters. The molecule has 0 N–H and O–H groups in total. The fourth-order valence-corrected chi connectivity index (χ4v) is 1.57. The Morgan fingerprint density at radius 2 is 1.84 bits per heavy atom. The summed E-state index contributed by atoms with van der Waals surface area (Å²) in [5, 5.41) is 3.98. The normalized spacial score (nSPS) is 9.68. The van der Waals surface area contributed by atoms with E-state index in [1.807, 2.05) is 12.2 Å². The molecular weight excluding hydrogens is 339 g/mol. The van der Waals surface area contributed by atoms with E-state index in [-0.39, 0.29) is 38.6 Å². The van der Waals surface area contributed by atoms with Crippen molar-refractivity contribution in [2.45, 2.75) is 18.8 Å². The number of rotatable bonds is 7. The van der Waals surface area contributed by atoms with Crippen molar-refractivity contribution in [2.75, 3.05) is 18.5 Å². The van der Waals surface area contributed by atoms with Crippen LogP contribution in [-0.4, -0.2) is 29.0 Å². The standard InChI is InChI=1S/C12H17ClN5.Y/c1-5-7-9(8-6-2)10-15-11(14-3)17-12(16-10)18(4)13;/h5-6,9H,1-2,7-8H2,3-4H3;/q-1;. The molecule has 1 heterocycles. The van der Waals surface area contributed by atoms with Crippen molar-refractivity contribution in [1.29, 1.82) is 0 Å². The summed E-state index contributed by atoms with van der Waals surface area (Å²) < 4.78 is 1.32. The molecule has 0 aliphatic rings. The van der Waals surface area contributed by atoms with Crippen LogP contribution in [0.4, 0.5) is 11.9 Å². The van der Waals surface area contributed by atoms with Crippen LogP contribution in [0.1, 0.15) is 24.6 Å². The predicted molar refractivity (Wildman–Crippen MR) is 75.4 cm³/mol. The number of anilines is 1. The molecule has 7 heteroatoms. The van der Waals surface area contributed by atoms with Crippen molar-refractivity contribution < 1.29 is 32.7 Å². The van der Waals surface area contributed by atoms with E-state index in [0.29, 0.717) is 17.7 Å². The Morgan fingerprint density at radius 1 is 1.26 bits per heavy atom. The molecule has 101 valence electrons. The van der Waals surface area contributed by atoms with E-state index in [4.69, 9.17) is 11.8 Å². The van der Waals surface area contributed by atoms with Crippen LogP contribution in [0.15, 0.2) is 25.3 Å². The topological polar surface area (TPSA) is 56.0 Å². The Labute approximate surface area is 144 Å². The molecule has 0 bridgehead atoms. The second-order valence-corrected chi connectivity index (χ2v) is 4.25. The summed E-state index contributed by atoms with van der Waals surface area (Å²) in [5.74, 6) is 1.55. The van der Waals surface area contributed by atoms with Crippen LogP contribution in [0, 0.1) is 0 Å². The van der Waals surface area contributed by atoms with Gasteiger partial charge in [0.2, 0.25) is 0 Å². The number of allylic oxidation sites excluding steroid dienone is 2. The van der Waals surface area contributed by atoms with E-state index in [1.165, 1.54) is 4.42 Å². The van der Waals surface area contributed by atoms with Crippen molar-refractivity contribution in [2.24, 2.45) is 0 Å². The Morgan fingerprint density at radius 3 is 2.26 bits per heavy atom. The molecule has 0 aliphatic carbocycles. The van der Waals surface area contributed by atoms with E-state index >= 15 is 0 Å². The molecule has 1 aromatic rings. The van der Waals surface area contributed by atoms with Crippen LogP contribution in [0.5, 0.6) is 0 Å². The van der Waals surface area contributed by atoms with Gasteiger partial charge in [0.15, 0.2) is 5.95 Å². The smallest absolute Gasteiger partial charge is 0.168 e. The largest absolute Gasteiger partial charge is 0.397 e. The fraction of sp³-hybridized carbons (Fsp3) is 0.417. The van der Waals surface area contributed by atoms with Gasteiger partial charge in [-0.15, -0.1) is 13.2 Å². The minimum absolute atomic E-state index is 0. The molecule has 0 spiro atoms. The number of aromatic nitrogens is 3. The maximum absolute atomic E-state index is 5.86. The third-order valence-corrected chi connectivity index (χ3v) is 2.52. The molecule has 0 aromatic carbocycles. The van der Waals surface area contributed by atoms with Crippen LogP contribution in [0.25, 0.3) is 5.32 Å². The van der Waals surface area contributed by atoms with Gasteiger partial charge < -0.3 is 15.3 Å². The summed E-state index contributed by atoms with van der Waals surface area (Å²) in [6, 6.07) is 0. The number of hydrogen-bond donors (Lipinski definition) is 0. The van der Waals surface area contributed by atoms with Gasteiger partial charge in [-0.25, -0.2) is 4.98 Å². The first-order valence-electron chi connectivity index (χ1n) is 5.59. The molecule has 0 aliphatic heterocycles. The third kappa shape index (κ3) is 5.55. The number of hydrogen-bond acceptors (Lipinski definition) is 4. The zero-order valence-corrected chi connectivity index (χ0v) is 14.8. The SMILES string of the molecule is C=CCC(CC=C)c1nc([N-]C)nc(N(C)Cl)n1.[Y]. The van der Waals surface area contributed by atoms with E-state index in [1.54, 1.807) is 14.1 Å². The summed E-state index contributed by atoms with van der Waals surface area (Å²) in [5.41, 5.74) is 0. The second kappa shape index (κ2) is 9.40. The molecule has 0 saturated carbocycles. The summed E-state index contributed by atoms with van der Waals surface area (Å²) in [4.78, 5) is 12.7. The maximum Gasteiger partial charge on any atom is 0.168 e. The molecule has 0 saturated heterocycles. The summed E-state index contributed by atoms with van der Waals surface area (Å²) in [7, 11) is 3.29. The summed E-state index contributed by atoms with van der Waals surface area (Å²) >= 11 is 5.86. The molecule has 0 amide bonds. The average Bonchev–Trinajstić information content (AvgIpc) is 2.37. The average molecular weight is 356 g/mol. The van der Waals surface area contributed by atoms with E-state index in [2.05, 4.69) is 33.4 Å². The van der Waals surface area contributed by atoms with E-state index in [0.717, 1.165) is 12.8 Å². The molecule has 0 unspecified atom stereocenters. The van der Waals surface area contributed by atoms with Crippen LogP contribution < -0.4 is 4.42 Å². The Kier molecular flexibility index (Phi) is 9.14. The minimum Gasteiger partial charge on any atom is -0.397 e. The van der Waals surface area contributed by atoms with Gasteiger partial charge in [0.05, 0.1) is 5.82 Å². The Bertz CT molecular complexity index is 415. The molecular formula is C12H17ClN5Y-. The Hall–Kier alpha value is -0.516. The van der Waals surface area contributed by atoms with Gasteiger partial charge >= 0.3 is 0 Å². The monoisotopic (exact) mass is 355 g/mol. The van der Waals surface area contributed by atoms with Gasteiger partial charge in [0.25, 0.3) is 0 Å². The van der Waals surface area contributed by atoms with Gasteiger partial charge in [0, 0.05) is 63.4 Å². The number of halogens is 1. The van der Waals surface area contributed by atoms with E-state index in [9.17, 15) is 0 Å². The van der Waals surface area contributed by atoms with Gasteiger partial charge in [-0.2, -0.15) is 0 Å². The maximum atomic E-state index is 5.86. The van der Waals surface area contributed by atoms with Crippen LogP contribution in [0.2, 0.25) is 0 Å². The van der Waals surface area contributed by atoms with Gasteiger partial charge in [-0.05, 0) is 19.9 Å². The molecule has 1 aromatic heterocycles. The molecule has 0 fully saturated rings. The minimum atomic E-state index is 0. The molecule has 1 radical (unpaired) electrons. The zero-order valence-electron chi connectivity index (χ0n) is 11.3.